The second-order valence-corrected chi connectivity index (χ2v) is 18.3. The third kappa shape index (κ3) is 3.53. The maximum absolute atomic E-state index is 14.8. The monoisotopic (exact) mass is 607 g/mol. The van der Waals surface area contributed by atoms with E-state index in [0.29, 0.717) is 51.3 Å². The number of benzene rings is 1. The molecule has 5 fully saturated rings. The van der Waals surface area contributed by atoms with Crippen molar-refractivity contribution in [3.8, 4) is 0 Å². The van der Waals surface area contributed by atoms with E-state index in [9.17, 15) is 4.39 Å². The van der Waals surface area contributed by atoms with Crippen molar-refractivity contribution in [1.82, 2.24) is 15.0 Å². The van der Waals surface area contributed by atoms with Crippen LogP contribution >= 0.6 is 11.6 Å². The molecule has 4 saturated carbocycles. The predicted octanol–water partition coefficient (Wildman–Crippen LogP) is 9.02. The second-order valence-electron chi connectivity index (χ2n) is 17.9. The Bertz CT molecular complexity index is 1460. The predicted molar refractivity (Wildman–Crippen MR) is 168 cm³/mol. The number of aromatic nitrogens is 3. The molecule has 0 unspecified atom stereocenters. The number of ether oxygens (including phenoxy) is 1. The van der Waals surface area contributed by atoms with Gasteiger partial charge in [0.15, 0.2) is 0 Å². The molecule has 43 heavy (non-hydrogen) atoms. The molecule has 0 amide bonds. The van der Waals surface area contributed by atoms with Gasteiger partial charge in [-0.2, -0.15) is 0 Å². The lowest BCUT2D eigenvalue weighted by molar-refractivity contribution is -0.233. The van der Waals surface area contributed by atoms with E-state index in [2.05, 4.69) is 53.7 Å². The van der Waals surface area contributed by atoms with E-state index in [1.165, 1.54) is 63.1 Å². The summed E-state index contributed by atoms with van der Waals surface area (Å²) < 4.78 is 23.6. The van der Waals surface area contributed by atoms with Crippen LogP contribution in [0.25, 0.3) is 0 Å². The number of nitrogens with zero attached hydrogens (tertiary/aromatic N) is 3. The highest BCUT2D eigenvalue weighted by molar-refractivity contribution is 6.31. The minimum atomic E-state index is -0.275. The fraction of sp³-hybridized carbons (Fsp3) is 0.784. The summed E-state index contributed by atoms with van der Waals surface area (Å²) >= 11 is 6.46. The van der Waals surface area contributed by atoms with Crippen LogP contribution in [0.3, 0.4) is 0 Å². The quantitative estimate of drug-likeness (QED) is 0.342. The van der Waals surface area contributed by atoms with Crippen LogP contribution in [0.15, 0.2) is 18.2 Å². The van der Waals surface area contributed by atoms with Crippen LogP contribution in [-0.2, 0) is 23.1 Å². The number of rotatable bonds is 2. The molecule has 1 aromatic carbocycles. The number of fused-ring (bicyclic) bond motifs is 6. The van der Waals surface area contributed by atoms with E-state index in [1.807, 2.05) is 4.68 Å². The Morgan fingerprint density at radius 2 is 1.70 bits per heavy atom. The molecule has 6 aliphatic rings. The van der Waals surface area contributed by atoms with Gasteiger partial charge in [-0.1, -0.05) is 71.3 Å². The SMILES string of the molecule is CC1(C)CC[C@]23CC[C@]4(C)[C@H](CC[C@@H]5[C@@]6(C)Cc7nnn(Cc8c(F)cccc8Cl)c7C(C)(C)[C@@H]6CC[C@]54C)[C@H]2[C@H]1OC3. The highest BCUT2D eigenvalue weighted by Crippen LogP contribution is 2.77. The van der Waals surface area contributed by atoms with E-state index in [4.69, 9.17) is 21.4 Å². The third-order valence-corrected chi connectivity index (χ3v) is 16.0. The maximum Gasteiger partial charge on any atom is 0.129 e. The molecule has 2 aromatic rings. The van der Waals surface area contributed by atoms with Crippen molar-refractivity contribution in [2.24, 2.45) is 50.7 Å². The fourth-order valence-corrected chi connectivity index (χ4v) is 13.6. The Morgan fingerprint density at radius 1 is 0.930 bits per heavy atom. The van der Waals surface area contributed by atoms with Crippen LogP contribution in [0.5, 0.6) is 0 Å². The van der Waals surface area contributed by atoms with Crippen LogP contribution in [-0.4, -0.2) is 27.7 Å². The third-order valence-electron chi connectivity index (χ3n) is 15.6. The van der Waals surface area contributed by atoms with Crippen LogP contribution in [0.4, 0.5) is 4.39 Å². The van der Waals surface area contributed by atoms with Crippen LogP contribution in [0.1, 0.15) is 117 Å². The van der Waals surface area contributed by atoms with Gasteiger partial charge in [-0.3, -0.25) is 0 Å². The zero-order chi connectivity index (χ0) is 30.4. The van der Waals surface area contributed by atoms with Crippen LogP contribution in [0.2, 0.25) is 5.02 Å². The first-order valence-corrected chi connectivity index (χ1v) is 17.5. The standard InChI is InChI=1S/C37H51ClFN3O/c1-32(2)15-17-37-18-16-35(6)23(29(37)31(32)43-21-37)11-12-28-34(5)19-26-30(33(3,4)27(34)13-14-36(28,35)7)42(41-40-26)20-22-24(38)9-8-10-25(22)39/h8-10,23,27-29,31H,11-21H2,1-7H3/t23-,27+,28-,29+,31-,34+,35-,36-,37-/m1/s1. The van der Waals surface area contributed by atoms with Crippen molar-refractivity contribution < 1.29 is 9.13 Å². The molecule has 2 bridgehead atoms. The normalized spacial score (nSPS) is 45.4. The molecule has 1 saturated heterocycles. The van der Waals surface area contributed by atoms with E-state index in [-0.39, 0.29) is 22.1 Å². The van der Waals surface area contributed by atoms with Crippen molar-refractivity contribution in [2.75, 3.05) is 6.61 Å². The molecule has 6 heteroatoms. The molecule has 0 radical (unpaired) electrons. The molecule has 4 nitrogen and oxygen atoms in total. The van der Waals surface area contributed by atoms with Crippen molar-refractivity contribution in [2.45, 2.75) is 124 Å². The molecule has 1 aromatic heterocycles. The fourth-order valence-electron chi connectivity index (χ4n) is 13.4. The summed E-state index contributed by atoms with van der Waals surface area (Å²) in [5.41, 5.74) is 4.20. The van der Waals surface area contributed by atoms with Gasteiger partial charge in [-0.25, -0.2) is 9.07 Å². The molecule has 0 spiro atoms. The number of hydrogen-bond donors (Lipinski definition) is 0. The highest BCUT2D eigenvalue weighted by atomic mass is 35.5. The Hall–Kier alpha value is -1.46. The Labute approximate surface area is 262 Å². The maximum atomic E-state index is 14.8. The number of halogens is 2. The molecular weight excluding hydrogens is 557 g/mol. The summed E-state index contributed by atoms with van der Waals surface area (Å²) in [4.78, 5) is 0. The Balaban J connectivity index is 1.16. The van der Waals surface area contributed by atoms with Gasteiger partial charge in [-0.15, -0.1) is 5.10 Å². The topological polar surface area (TPSA) is 39.9 Å². The summed E-state index contributed by atoms with van der Waals surface area (Å²) in [6.45, 7) is 19.1. The number of hydrogen-bond acceptors (Lipinski definition) is 3. The summed E-state index contributed by atoms with van der Waals surface area (Å²) in [7, 11) is 0. The van der Waals surface area contributed by atoms with E-state index < -0.39 is 0 Å². The zero-order valence-electron chi connectivity index (χ0n) is 27.4. The molecule has 234 valence electrons. The first-order valence-electron chi connectivity index (χ1n) is 17.2. The molecule has 5 aliphatic carbocycles. The summed E-state index contributed by atoms with van der Waals surface area (Å²) in [5, 5.41) is 9.96. The lowest BCUT2D eigenvalue weighted by Crippen LogP contribution is -2.67. The minimum absolute atomic E-state index is 0.111. The average molecular weight is 608 g/mol. The van der Waals surface area contributed by atoms with E-state index >= 15 is 0 Å². The van der Waals surface area contributed by atoms with Gasteiger partial charge in [0.25, 0.3) is 0 Å². The molecular formula is C37H51ClFN3O. The first kappa shape index (κ1) is 29.0. The van der Waals surface area contributed by atoms with Gasteiger partial charge in [0.2, 0.25) is 0 Å². The zero-order valence-corrected chi connectivity index (χ0v) is 28.2. The Morgan fingerprint density at radius 3 is 2.47 bits per heavy atom. The van der Waals surface area contributed by atoms with Crippen LogP contribution in [0, 0.1) is 56.6 Å². The summed E-state index contributed by atoms with van der Waals surface area (Å²) in [5.74, 6) is 2.39. The van der Waals surface area contributed by atoms with Crippen LogP contribution < -0.4 is 0 Å². The summed E-state index contributed by atoms with van der Waals surface area (Å²) in [6.07, 6.45) is 11.9. The average Bonchev–Trinajstić information content (AvgIpc) is 3.49. The van der Waals surface area contributed by atoms with Crippen molar-refractivity contribution in [3.05, 3.63) is 46.0 Å². The first-order chi connectivity index (χ1) is 20.2. The highest BCUT2D eigenvalue weighted by Gasteiger charge is 2.73. The molecule has 8 rings (SSSR count). The van der Waals surface area contributed by atoms with Crippen molar-refractivity contribution in [3.63, 3.8) is 0 Å². The lowest BCUT2D eigenvalue weighted by atomic mass is 9.31. The van der Waals surface area contributed by atoms with Crippen molar-refractivity contribution in [1.29, 1.82) is 0 Å². The van der Waals surface area contributed by atoms with Gasteiger partial charge >= 0.3 is 0 Å². The molecule has 9 atom stereocenters. The molecule has 0 N–H and O–H groups in total. The van der Waals surface area contributed by atoms with Gasteiger partial charge in [-0.05, 0) is 121 Å². The van der Waals surface area contributed by atoms with E-state index in [0.717, 1.165) is 30.6 Å². The second kappa shape index (κ2) is 8.87. The smallest absolute Gasteiger partial charge is 0.129 e. The van der Waals surface area contributed by atoms with Gasteiger partial charge < -0.3 is 4.74 Å². The summed E-state index contributed by atoms with van der Waals surface area (Å²) in [6, 6.07) is 4.93. The van der Waals surface area contributed by atoms with Gasteiger partial charge in [0.05, 0.1) is 30.6 Å². The minimum Gasteiger partial charge on any atom is -0.377 e. The Kier molecular flexibility index (Phi) is 5.98. The van der Waals surface area contributed by atoms with E-state index in [1.54, 1.807) is 12.1 Å². The van der Waals surface area contributed by atoms with Crippen molar-refractivity contribution >= 4 is 11.6 Å². The largest absolute Gasteiger partial charge is 0.377 e. The lowest BCUT2D eigenvalue weighted by Gasteiger charge is -2.72. The molecule has 2 heterocycles. The van der Waals surface area contributed by atoms with Gasteiger partial charge in [0.1, 0.15) is 5.82 Å². The molecule has 1 aliphatic heterocycles. The van der Waals surface area contributed by atoms with Gasteiger partial charge in [0, 0.05) is 16.0 Å².